The van der Waals surface area contributed by atoms with Gasteiger partial charge in [0, 0.05) is 37.9 Å². The molecule has 2 rings (SSSR count). The van der Waals surface area contributed by atoms with Crippen LogP contribution in [0.4, 0.5) is 0 Å². The number of benzene rings is 2. The molecular formula is C26H29N5S. The number of rotatable bonds is 11. The summed E-state index contributed by atoms with van der Waals surface area (Å²) in [5.74, 6) is 0.865. The van der Waals surface area contributed by atoms with E-state index in [0.29, 0.717) is 18.0 Å². The van der Waals surface area contributed by atoms with Crippen molar-refractivity contribution in [3.05, 3.63) is 93.2 Å². The highest BCUT2D eigenvalue weighted by atomic mass is 32.2. The Bertz CT molecular complexity index is 1060. The number of aliphatic imine (C=N–C) groups is 2. The molecule has 0 fully saturated rings. The Morgan fingerprint density at radius 1 is 1.25 bits per heavy atom. The quantitative estimate of drug-likeness (QED) is 0.365. The smallest absolute Gasteiger partial charge is 0.139 e. The largest absolute Gasteiger partial charge is 0.372 e. The number of thioether (sulfide) groups is 1. The van der Waals surface area contributed by atoms with Crippen molar-refractivity contribution in [1.82, 2.24) is 5.32 Å². The highest BCUT2D eigenvalue weighted by Crippen LogP contribution is 2.31. The molecule has 32 heavy (non-hydrogen) atoms. The van der Waals surface area contributed by atoms with Crippen molar-refractivity contribution in [2.45, 2.75) is 19.3 Å². The summed E-state index contributed by atoms with van der Waals surface area (Å²) >= 11 is 1.51. The maximum atomic E-state index is 9.70. The minimum atomic E-state index is -0.268. The minimum absolute atomic E-state index is 0.268. The maximum Gasteiger partial charge on any atom is 0.139 e. The zero-order chi connectivity index (χ0) is 23.3. The van der Waals surface area contributed by atoms with Crippen LogP contribution in [0.3, 0.4) is 0 Å². The van der Waals surface area contributed by atoms with Gasteiger partial charge in [0.05, 0.1) is 16.9 Å². The molecule has 2 aromatic rings. The van der Waals surface area contributed by atoms with Crippen LogP contribution in [-0.2, 0) is 6.42 Å². The molecule has 2 N–H and O–H groups in total. The Morgan fingerprint density at radius 2 is 2.00 bits per heavy atom. The highest BCUT2D eigenvalue weighted by molar-refractivity contribution is 8.03. The molecule has 5 nitrogen and oxygen atoms in total. The van der Waals surface area contributed by atoms with E-state index in [1.54, 1.807) is 14.1 Å². The molecule has 0 aliphatic heterocycles. The first-order valence-corrected chi connectivity index (χ1v) is 11.3. The first kappa shape index (κ1) is 24.8. The van der Waals surface area contributed by atoms with Crippen LogP contribution in [0, 0.1) is 23.7 Å². The third-order valence-corrected chi connectivity index (χ3v) is 6.21. The number of hydrogen-bond donors (Lipinski definition) is 2. The normalized spacial score (nSPS) is 13.2. The van der Waals surface area contributed by atoms with E-state index in [0.717, 1.165) is 32.7 Å². The molecule has 0 aliphatic rings. The third-order valence-electron chi connectivity index (χ3n) is 4.99. The monoisotopic (exact) mass is 443 g/mol. The molecule has 0 bridgehead atoms. The zero-order valence-corrected chi connectivity index (χ0v) is 19.6. The van der Waals surface area contributed by atoms with E-state index >= 15 is 0 Å². The summed E-state index contributed by atoms with van der Waals surface area (Å²) in [7, 11) is 3.54. The van der Waals surface area contributed by atoms with Crippen LogP contribution in [0.2, 0.25) is 0 Å². The van der Waals surface area contributed by atoms with Crippen molar-refractivity contribution in [2.75, 3.05) is 19.8 Å². The van der Waals surface area contributed by atoms with Gasteiger partial charge >= 0.3 is 0 Å². The standard InChI is InChI=1S/C26H29N5S/c1-19-9-8-12-21(24(19)17-29-2)13-14-22(15-27)25(26(30-3)31-4)32-18-23(16-28)20-10-6-5-7-11-20/h5-12,14-15,17,23,27,31H,3,13,18H2,1-2,4H3/b22-14+,26-25+,27-15?,29-17?. The highest BCUT2D eigenvalue weighted by Gasteiger charge is 2.16. The summed E-state index contributed by atoms with van der Waals surface area (Å²) in [6.07, 6.45) is 5.86. The van der Waals surface area contributed by atoms with Crippen LogP contribution in [0.15, 0.2) is 80.9 Å². The summed E-state index contributed by atoms with van der Waals surface area (Å²) < 4.78 is 0. The molecule has 2 aromatic carbocycles. The number of nitriles is 1. The molecule has 0 spiro atoms. The summed E-state index contributed by atoms with van der Waals surface area (Å²) in [4.78, 5) is 9.10. The van der Waals surface area contributed by atoms with Gasteiger partial charge in [0.2, 0.25) is 0 Å². The van der Waals surface area contributed by atoms with Crippen LogP contribution >= 0.6 is 11.8 Å². The lowest BCUT2D eigenvalue weighted by atomic mass is 9.99. The third kappa shape index (κ3) is 6.53. The molecule has 164 valence electrons. The lowest BCUT2D eigenvalue weighted by molar-refractivity contribution is 0.961. The second-order valence-corrected chi connectivity index (χ2v) is 8.06. The number of nitrogens with zero attached hydrogens (tertiary/aromatic N) is 3. The van der Waals surface area contributed by atoms with E-state index in [-0.39, 0.29) is 5.92 Å². The Balaban J connectivity index is 2.36. The van der Waals surface area contributed by atoms with Gasteiger partial charge in [-0.1, -0.05) is 54.6 Å². The molecule has 0 saturated heterocycles. The molecule has 0 amide bonds. The first-order chi connectivity index (χ1) is 15.6. The van der Waals surface area contributed by atoms with E-state index in [9.17, 15) is 5.26 Å². The molecule has 0 radical (unpaired) electrons. The van der Waals surface area contributed by atoms with Gasteiger partial charge in [-0.05, 0) is 42.3 Å². The fourth-order valence-corrected chi connectivity index (χ4v) is 4.50. The molecule has 1 unspecified atom stereocenters. The van der Waals surface area contributed by atoms with Crippen molar-refractivity contribution in [3.8, 4) is 6.07 Å². The number of allylic oxidation sites excluding steroid dienone is 2. The van der Waals surface area contributed by atoms with Gasteiger partial charge in [0.25, 0.3) is 0 Å². The van der Waals surface area contributed by atoms with Gasteiger partial charge in [0.15, 0.2) is 0 Å². The van der Waals surface area contributed by atoms with Crippen molar-refractivity contribution in [3.63, 3.8) is 0 Å². The average molecular weight is 444 g/mol. The second kappa shape index (κ2) is 13.1. The fourth-order valence-electron chi connectivity index (χ4n) is 3.28. The van der Waals surface area contributed by atoms with Gasteiger partial charge in [-0.2, -0.15) is 5.26 Å². The Labute approximate surface area is 195 Å². The number of hydrogen-bond acceptors (Lipinski definition) is 6. The minimum Gasteiger partial charge on any atom is -0.372 e. The van der Waals surface area contributed by atoms with Crippen LogP contribution in [0.1, 0.15) is 28.2 Å². The average Bonchev–Trinajstić information content (AvgIpc) is 2.82. The Kier molecular flexibility index (Phi) is 10.2. The predicted octanol–water partition coefficient (Wildman–Crippen LogP) is 5.29. The van der Waals surface area contributed by atoms with Gasteiger partial charge < -0.3 is 10.7 Å². The lowest BCUT2D eigenvalue weighted by Gasteiger charge is -2.15. The molecule has 0 aromatic heterocycles. The molecule has 0 aliphatic carbocycles. The van der Waals surface area contributed by atoms with Gasteiger partial charge in [-0.3, -0.25) is 4.99 Å². The SMILES string of the molecule is C=N/C(NC)=C(SCC(C#N)c1ccccc1)/C(C=N)=C/Cc1cccc(C)c1C=NC. The first-order valence-electron chi connectivity index (χ1n) is 10.3. The van der Waals surface area contributed by atoms with Crippen LogP contribution in [0.5, 0.6) is 0 Å². The van der Waals surface area contributed by atoms with Crippen molar-refractivity contribution in [2.24, 2.45) is 9.98 Å². The zero-order valence-electron chi connectivity index (χ0n) is 18.8. The fraction of sp³-hybridized carbons (Fsp3) is 0.231. The molecule has 0 heterocycles. The van der Waals surface area contributed by atoms with Gasteiger partial charge in [0.1, 0.15) is 5.82 Å². The summed E-state index contributed by atoms with van der Waals surface area (Å²) in [6.45, 7) is 5.74. The van der Waals surface area contributed by atoms with E-state index < -0.39 is 0 Å². The topological polar surface area (TPSA) is 84.4 Å². The number of nitrogens with one attached hydrogen (secondary N) is 2. The predicted molar refractivity (Wildman–Crippen MR) is 138 cm³/mol. The van der Waals surface area contributed by atoms with E-state index in [2.05, 4.69) is 47.1 Å². The second-order valence-electron chi connectivity index (χ2n) is 7.03. The summed E-state index contributed by atoms with van der Waals surface area (Å²) in [5.41, 5.74) is 5.10. The summed E-state index contributed by atoms with van der Waals surface area (Å²) in [6, 6.07) is 18.3. The van der Waals surface area contributed by atoms with Crippen molar-refractivity contribution < 1.29 is 0 Å². The molecule has 6 heteroatoms. The van der Waals surface area contributed by atoms with Gasteiger partial charge in [-0.15, -0.1) is 11.8 Å². The number of aryl methyl sites for hydroxylation is 1. The summed E-state index contributed by atoms with van der Waals surface area (Å²) in [5, 5.41) is 20.8. The van der Waals surface area contributed by atoms with Crippen LogP contribution in [-0.4, -0.2) is 39.0 Å². The molecule has 1 atom stereocenters. The van der Waals surface area contributed by atoms with Crippen molar-refractivity contribution in [1.29, 1.82) is 10.7 Å². The maximum absolute atomic E-state index is 9.70. The lowest BCUT2D eigenvalue weighted by Crippen LogP contribution is -2.09. The van der Waals surface area contributed by atoms with Crippen LogP contribution < -0.4 is 5.32 Å². The molecular weight excluding hydrogens is 414 g/mol. The molecule has 0 saturated carbocycles. The van der Waals surface area contributed by atoms with Gasteiger partial charge in [-0.25, -0.2) is 4.99 Å². The Hall–Kier alpha value is -3.43. The Morgan fingerprint density at radius 3 is 2.59 bits per heavy atom. The van der Waals surface area contributed by atoms with Crippen LogP contribution in [0.25, 0.3) is 0 Å². The van der Waals surface area contributed by atoms with Crippen molar-refractivity contribution >= 4 is 30.9 Å². The van der Waals surface area contributed by atoms with E-state index in [1.807, 2.05) is 48.7 Å². The van der Waals surface area contributed by atoms with E-state index in [1.165, 1.54) is 18.0 Å². The van der Waals surface area contributed by atoms with E-state index in [4.69, 9.17) is 5.41 Å².